The van der Waals surface area contributed by atoms with Gasteiger partial charge >= 0.3 is 6.09 Å². The largest absolute Gasteiger partial charge is 0.449 e. The van der Waals surface area contributed by atoms with Crippen molar-refractivity contribution in [2.24, 2.45) is 5.41 Å². The Hall–Kier alpha value is -2.02. The summed E-state index contributed by atoms with van der Waals surface area (Å²) >= 11 is 0. The number of benzene rings is 1. The first-order valence-corrected chi connectivity index (χ1v) is 5.46. The van der Waals surface area contributed by atoms with Crippen LogP contribution >= 0.6 is 0 Å². The van der Waals surface area contributed by atoms with Crippen molar-refractivity contribution >= 4 is 6.09 Å². The molecule has 1 atom stereocenters. The molecule has 0 aromatic heterocycles. The molecule has 1 heterocycles. The van der Waals surface area contributed by atoms with E-state index in [0.717, 1.165) is 5.56 Å². The van der Waals surface area contributed by atoms with E-state index in [0.29, 0.717) is 12.2 Å². The Labute approximate surface area is 100 Å². The molecule has 1 amide bonds. The molecule has 1 aliphatic heterocycles. The van der Waals surface area contributed by atoms with Gasteiger partial charge in [-0.25, -0.2) is 4.79 Å². The highest BCUT2D eigenvalue weighted by Gasteiger charge is 2.37. The summed E-state index contributed by atoms with van der Waals surface area (Å²) < 4.78 is 4.99. The number of rotatable bonds is 1. The van der Waals surface area contributed by atoms with Gasteiger partial charge < -0.3 is 10.1 Å². The highest BCUT2D eigenvalue weighted by atomic mass is 16.6. The summed E-state index contributed by atoms with van der Waals surface area (Å²) in [5, 5.41) is 11.7. The average Bonchev–Trinajstić information content (AvgIpc) is 2.32. The minimum atomic E-state index is -0.406. The van der Waals surface area contributed by atoms with Gasteiger partial charge in [-0.1, -0.05) is 26.0 Å². The smallest absolute Gasteiger partial charge is 0.407 e. The van der Waals surface area contributed by atoms with Crippen LogP contribution < -0.4 is 5.32 Å². The molecule has 1 saturated heterocycles. The van der Waals surface area contributed by atoms with Crippen molar-refractivity contribution in [2.75, 3.05) is 6.61 Å². The van der Waals surface area contributed by atoms with Crippen LogP contribution in [-0.2, 0) is 4.74 Å². The highest BCUT2D eigenvalue weighted by molar-refractivity contribution is 5.69. The van der Waals surface area contributed by atoms with Crippen LogP contribution in [0.4, 0.5) is 4.79 Å². The topological polar surface area (TPSA) is 62.1 Å². The van der Waals surface area contributed by atoms with E-state index in [1.165, 1.54) is 0 Å². The first-order chi connectivity index (χ1) is 8.03. The number of hydrogen-bond acceptors (Lipinski definition) is 3. The fourth-order valence-electron chi connectivity index (χ4n) is 2.01. The van der Waals surface area contributed by atoms with Gasteiger partial charge in [-0.3, -0.25) is 0 Å². The zero-order valence-electron chi connectivity index (χ0n) is 9.86. The van der Waals surface area contributed by atoms with Crippen molar-refractivity contribution in [2.45, 2.75) is 19.9 Å². The summed E-state index contributed by atoms with van der Waals surface area (Å²) in [7, 11) is 0. The van der Waals surface area contributed by atoms with Crippen molar-refractivity contribution in [3.05, 3.63) is 35.4 Å². The molecule has 1 aromatic rings. The normalized spacial score (nSPS) is 22.2. The SMILES string of the molecule is CC1(C)COC(=O)N[C@@H]1c1cccc(C#N)c1. The number of carbonyl (C=O) groups excluding carboxylic acids is 1. The number of nitrogens with zero attached hydrogens (tertiary/aromatic N) is 1. The van der Waals surface area contributed by atoms with Gasteiger partial charge in [0, 0.05) is 5.41 Å². The number of carbonyl (C=O) groups is 1. The third-order valence-electron chi connectivity index (χ3n) is 2.97. The molecule has 0 unspecified atom stereocenters. The molecule has 0 saturated carbocycles. The first kappa shape index (κ1) is 11.5. The lowest BCUT2D eigenvalue weighted by molar-refractivity contribution is 0.0387. The predicted molar refractivity (Wildman–Crippen MR) is 62.2 cm³/mol. The Morgan fingerprint density at radius 1 is 1.53 bits per heavy atom. The molecule has 0 bridgehead atoms. The lowest BCUT2D eigenvalue weighted by Gasteiger charge is -2.38. The minimum Gasteiger partial charge on any atom is -0.449 e. The van der Waals surface area contributed by atoms with E-state index in [4.69, 9.17) is 10.00 Å². The summed E-state index contributed by atoms with van der Waals surface area (Å²) in [5.74, 6) is 0. The van der Waals surface area contributed by atoms with Crippen LogP contribution in [0.5, 0.6) is 0 Å². The third-order valence-corrected chi connectivity index (χ3v) is 2.97. The Kier molecular flexibility index (Phi) is 2.76. The molecule has 1 aliphatic rings. The molecule has 1 fully saturated rings. The molecular formula is C13H14N2O2. The summed E-state index contributed by atoms with van der Waals surface area (Å²) in [5.41, 5.74) is 1.34. The number of nitriles is 1. The van der Waals surface area contributed by atoms with Gasteiger partial charge in [-0.15, -0.1) is 0 Å². The number of alkyl carbamates (subject to hydrolysis) is 1. The molecule has 1 aromatic carbocycles. The van der Waals surface area contributed by atoms with Gasteiger partial charge in [0.05, 0.1) is 17.7 Å². The number of cyclic esters (lactones) is 1. The van der Waals surface area contributed by atoms with Gasteiger partial charge in [0.2, 0.25) is 0 Å². The summed E-state index contributed by atoms with van der Waals surface area (Å²) in [6.45, 7) is 4.42. The van der Waals surface area contributed by atoms with E-state index in [-0.39, 0.29) is 11.5 Å². The maximum absolute atomic E-state index is 11.3. The maximum Gasteiger partial charge on any atom is 0.407 e. The number of amides is 1. The number of ether oxygens (including phenoxy) is 1. The fraction of sp³-hybridized carbons (Fsp3) is 0.385. The molecule has 2 rings (SSSR count). The molecule has 4 heteroatoms. The molecule has 17 heavy (non-hydrogen) atoms. The van der Waals surface area contributed by atoms with Crippen LogP contribution in [0, 0.1) is 16.7 Å². The van der Waals surface area contributed by atoms with E-state index in [2.05, 4.69) is 11.4 Å². The van der Waals surface area contributed by atoms with Crippen LogP contribution in [0.1, 0.15) is 31.0 Å². The molecule has 0 radical (unpaired) electrons. The maximum atomic E-state index is 11.3. The van der Waals surface area contributed by atoms with Crippen LogP contribution in [0.25, 0.3) is 0 Å². The molecule has 88 valence electrons. The van der Waals surface area contributed by atoms with E-state index in [1.807, 2.05) is 26.0 Å². The second-order valence-corrected chi connectivity index (χ2v) is 4.88. The second kappa shape index (κ2) is 4.10. The Morgan fingerprint density at radius 2 is 2.29 bits per heavy atom. The first-order valence-electron chi connectivity index (χ1n) is 5.46. The Morgan fingerprint density at radius 3 is 3.00 bits per heavy atom. The van der Waals surface area contributed by atoms with Crippen molar-refractivity contribution in [1.29, 1.82) is 5.26 Å². The monoisotopic (exact) mass is 230 g/mol. The van der Waals surface area contributed by atoms with Gasteiger partial charge in [0.25, 0.3) is 0 Å². The lowest BCUT2D eigenvalue weighted by atomic mass is 9.80. The van der Waals surface area contributed by atoms with E-state index >= 15 is 0 Å². The second-order valence-electron chi connectivity index (χ2n) is 4.88. The minimum absolute atomic E-state index is 0.128. The lowest BCUT2D eigenvalue weighted by Crippen LogP contribution is -2.46. The van der Waals surface area contributed by atoms with Crippen LogP contribution in [0.3, 0.4) is 0 Å². The van der Waals surface area contributed by atoms with Crippen LogP contribution in [-0.4, -0.2) is 12.7 Å². The third kappa shape index (κ3) is 2.23. The van der Waals surface area contributed by atoms with E-state index < -0.39 is 6.09 Å². The van der Waals surface area contributed by atoms with Gasteiger partial charge in [0.15, 0.2) is 0 Å². The zero-order chi connectivity index (χ0) is 12.5. The van der Waals surface area contributed by atoms with E-state index in [1.54, 1.807) is 12.1 Å². The average molecular weight is 230 g/mol. The standard InChI is InChI=1S/C13H14N2O2/c1-13(2)8-17-12(16)15-11(13)10-5-3-4-9(6-10)7-14/h3-6,11H,8H2,1-2H3,(H,15,16)/t11-/m1/s1. The van der Waals surface area contributed by atoms with Gasteiger partial charge in [0.1, 0.15) is 6.61 Å². The molecule has 0 aliphatic carbocycles. The summed E-state index contributed by atoms with van der Waals surface area (Å²) in [6, 6.07) is 9.27. The van der Waals surface area contributed by atoms with Gasteiger partial charge in [-0.05, 0) is 17.7 Å². The van der Waals surface area contributed by atoms with Crippen molar-refractivity contribution in [3.8, 4) is 6.07 Å². The molecule has 4 nitrogen and oxygen atoms in total. The van der Waals surface area contributed by atoms with Crippen molar-refractivity contribution < 1.29 is 9.53 Å². The molecule has 0 spiro atoms. The summed E-state index contributed by atoms with van der Waals surface area (Å²) in [6.07, 6.45) is -0.406. The summed E-state index contributed by atoms with van der Waals surface area (Å²) in [4.78, 5) is 11.3. The number of hydrogen-bond donors (Lipinski definition) is 1. The highest BCUT2D eigenvalue weighted by Crippen LogP contribution is 2.36. The van der Waals surface area contributed by atoms with Crippen LogP contribution in [0.2, 0.25) is 0 Å². The molecule has 1 N–H and O–H groups in total. The Bertz CT molecular complexity index is 488. The molecular weight excluding hydrogens is 216 g/mol. The fourth-order valence-corrected chi connectivity index (χ4v) is 2.01. The van der Waals surface area contributed by atoms with Gasteiger partial charge in [-0.2, -0.15) is 5.26 Å². The van der Waals surface area contributed by atoms with Crippen molar-refractivity contribution in [1.82, 2.24) is 5.32 Å². The van der Waals surface area contributed by atoms with Crippen molar-refractivity contribution in [3.63, 3.8) is 0 Å². The Balaban J connectivity index is 2.36. The quantitative estimate of drug-likeness (QED) is 0.805. The predicted octanol–water partition coefficient (Wildman–Crippen LogP) is 2.37. The van der Waals surface area contributed by atoms with E-state index in [9.17, 15) is 4.79 Å². The zero-order valence-corrected chi connectivity index (χ0v) is 9.86. The van der Waals surface area contributed by atoms with Crippen LogP contribution in [0.15, 0.2) is 24.3 Å². The number of nitrogens with one attached hydrogen (secondary N) is 1.